The summed E-state index contributed by atoms with van der Waals surface area (Å²) < 4.78 is 0. The number of nitrogens with zero attached hydrogens (tertiary/aromatic N) is 4. The molecule has 0 radical (unpaired) electrons. The number of nitrogens with one attached hydrogen (secondary N) is 1. The first-order valence-corrected chi connectivity index (χ1v) is 11.7. The highest BCUT2D eigenvalue weighted by molar-refractivity contribution is 5.79. The predicted molar refractivity (Wildman–Crippen MR) is 117 cm³/mol. The lowest BCUT2D eigenvalue weighted by Crippen LogP contribution is -2.36. The Kier molecular flexibility index (Phi) is 5.85. The molecule has 164 valence electrons. The van der Waals surface area contributed by atoms with E-state index in [1.807, 2.05) is 17.2 Å². The van der Waals surface area contributed by atoms with Crippen LogP contribution in [0, 0.1) is 5.92 Å². The van der Waals surface area contributed by atoms with Crippen LogP contribution in [0.1, 0.15) is 67.1 Å². The Hall–Kier alpha value is -2.54. The zero-order valence-electron chi connectivity index (χ0n) is 18.1. The molecule has 0 bridgehead atoms. The average Bonchev–Trinajstić information content (AvgIpc) is 3.30. The number of amides is 1. The maximum atomic E-state index is 12.9. The number of carbonyl (C=O) groups excluding carboxylic acids is 1. The number of carbonyl (C=O) groups is 1. The van der Waals surface area contributed by atoms with Gasteiger partial charge >= 0.3 is 0 Å². The summed E-state index contributed by atoms with van der Waals surface area (Å²) in [6.07, 6.45) is 10.9. The second-order valence-corrected chi connectivity index (χ2v) is 9.30. The fraction of sp³-hybridized carbons (Fsp3) is 0.583. The standard InChI is InChI=1S/C24H31N5O2/c30-23-20-9-11-28(14-17-5-4-10-25-13-17)16-21(20)26-22(27-23)19-8-12-29(15-19)24(31)18-6-2-1-3-7-18/h4-5,10,13,18-19H,1-3,6-9,11-12,14-16H2,(H,26,27,30)/t19-/m1/s1. The van der Waals surface area contributed by atoms with Crippen molar-refractivity contribution in [3.8, 4) is 0 Å². The maximum absolute atomic E-state index is 12.9. The smallest absolute Gasteiger partial charge is 0.254 e. The molecule has 2 fully saturated rings. The topological polar surface area (TPSA) is 82.2 Å². The molecule has 2 aromatic heterocycles. The van der Waals surface area contributed by atoms with Gasteiger partial charge in [-0.05, 0) is 37.3 Å². The van der Waals surface area contributed by atoms with E-state index in [1.54, 1.807) is 6.20 Å². The highest BCUT2D eigenvalue weighted by Crippen LogP contribution is 2.30. The van der Waals surface area contributed by atoms with Crippen LogP contribution in [0.15, 0.2) is 29.3 Å². The van der Waals surface area contributed by atoms with Crippen molar-refractivity contribution in [3.63, 3.8) is 0 Å². The molecule has 1 saturated heterocycles. The number of aromatic nitrogens is 3. The third-order valence-electron chi connectivity index (χ3n) is 7.14. The molecule has 4 heterocycles. The second kappa shape index (κ2) is 8.91. The van der Waals surface area contributed by atoms with Crippen LogP contribution in [-0.2, 0) is 24.3 Å². The molecule has 3 aliphatic rings. The summed E-state index contributed by atoms with van der Waals surface area (Å²) in [7, 11) is 0. The summed E-state index contributed by atoms with van der Waals surface area (Å²) in [6.45, 7) is 3.78. The molecule has 1 aliphatic carbocycles. The Balaban J connectivity index is 1.28. The summed E-state index contributed by atoms with van der Waals surface area (Å²) in [5.74, 6) is 1.39. The van der Waals surface area contributed by atoms with Gasteiger partial charge in [-0.25, -0.2) is 4.98 Å². The van der Waals surface area contributed by atoms with Gasteiger partial charge < -0.3 is 9.88 Å². The van der Waals surface area contributed by atoms with Crippen molar-refractivity contribution in [2.45, 2.75) is 64.0 Å². The van der Waals surface area contributed by atoms with Crippen LogP contribution in [0.2, 0.25) is 0 Å². The molecule has 0 aromatic carbocycles. The zero-order valence-corrected chi connectivity index (χ0v) is 18.1. The molecule has 2 aliphatic heterocycles. The van der Waals surface area contributed by atoms with E-state index < -0.39 is 0 Å². The van der Waals surface area contributed by atoms with Gasteiger partial charge in [0.15, 0.2) is 0 Å². The van der Waals surface area contributed by atoms with Crippen LogP contribution < -0.4 is 5.56 Å². The number of hydrogen-bond donors (Lipinski definition) is 1. The van der Waals surface area contributed by atoms with Crippen molar-refractivity contribution in [1.82, 2.24) is 24.8 Å². The van der Waals surface area contributed by atoms with Crippen molar-refractivity contribution < 1.29 is 4.79 Å². The second-order valence-electron chi connectivity index (χ2n) is 9.30. The van der Waals surface area contributed by atoms with Crippen LogP contribution in [0.25, 0.3) is 0 Å². The third kappa shape index (κ3) is 4.42. The lowest BCUT2D eigenvalue weighted by Gasteiger charge is -2.28. The third-order valence-corrected chi connectivity index (χ3v) is 7.14. The SMILES string of the molecule is O=C(C1CCCCC1)N1CC[C@@H](c2nc3c(c(=O)[nH]2)CCN(Cc2cccnc2)C3)C1. The van der Waals surface area contributed by atoms with E-state index in [4.69, 9.17) is 4.98 Å². The van der Waals surface area contributed by atoms with Gasteiger partial charge in [0.05, 0.1) is 5.69 Å². The molecule has 7 nitrogen and oxygen atoms in total. The lowest BCUT2D eigenvalue weighted by molar-refractivity contribution is -0.135. The van der Waals surface area contributed by atoms with Crippen molar-refractivity contribution in [2.24, 2.45) is 5.92 Å². The molecule has 0 spiro atoms. The summed E-state index contributed by atoms with van der Waals surface area (Å²) in [6, 6.07) is 4.03. The Morgan fingerprint density at radius 3 is 2.84 bits per heavy atom. The van der Waals surface area contributed by atoms with Crippen LogP contribution in [-0.4, -0.2) is 50.3 Å². The molecule has 1 N–H and O–H groups in total. The summed E-state index contributed by atoms with van der Waals surface area (Å²) in [5.41, 5.74) is 2.88. The largest absolute Gasteiger partial charge is 0.342 e. The molecule has 5 rings (SSSR count). The van der Waals surface area contributed by atoms with Gasteiger partial charge in [0.2, 0.25) is 5.91 Å². The fourth-order valence-electron chi connectivity index (χ4n) is 5.38. The monoisotopic (exact) mass is 421 g/mol. The molecule has 2 aromatic rings. The number of aromatic amines is 1. The predicted octanol–water partition coefficient (Wildman–Crippen LogP) is 2.62. The highest BCUT2D eigenvalue weighted by Gasteiger charge is 2.34. The number of pyridine rings is 1. The first kappa shape index (κ1) is 20.4. The van der Waals surface area contributed by atoms with Crippen molar-refractivity contribution in [1.29, 1.82) is 0 Å². The lowest BCUT2D eigenvalue weighted by atomic mass is 9.88. The van der Waals surface area contributed by atoms with Gasteiger partial charge in [0.1, 0.15) is 5.82 Å². The van der Waals surface area contributed by atoms with E-state index in [1.165, 1.54) is 24.8 Å². The number of fused-ring (bicyclic) bond motifs is 1. The van der Waals surface area contributed by atoms with Crippen molar-refractivity contribution >= 4 is 5.91 Å². The number of hydrogen-bond acceptors (Lipinski definition) is 5. The Morgan fingerprint density at radius 2 is 2.03 bits per heavy atom. The highest BCUT2D eigenvalue weighted by atomic mass is 16.2. The molecular weight excluding hydrogens is 390 g/mol. The van der Waals surface area contributed by atoms with E-state index in [-0.39, 0.29) is 17.4 Å². The van der Waals surface area contributed by atoms with E-state index in [0.717, 1.165) is 62.4 Å². The van der Waals surface area contributed by atoms with Crippen LogP contribution in [0.4, 0.5) is 0 Å². The maximum Gasteiger partial charge on any atom is 0.254 e. The summed E-state index contributed by atoms with van der Waals surface area (Å²) in [4.78, 5) is 42.2. The molecular formula is C24H31N5O2. The number of rotatable bonds is 4. The van der Waals surface area contributed by atoms with Crippen molar-refractivity contribution in [2.75, 3.05) is 19.6 Å². The molecule has 7 heteroatoms. The molecule has 1 atom stereocenters. The normalized spacial score (nSPS) is 22.5. The molecule has 1 amide bonds. The molecule has 0 unspecified atom stereocenters. The molecule has 31 heavy (non-hydrogen) atoms. The van der Waals surface area contributed by atoms with Gasteiger partial charge in [-0.2, -0.15) is 0 Å². The molecule has 1 saturated carbocycles. The van der Waals surface area contributed by atoms with Crippen LogP contribution >= 0.6 is 0 Å². The average molecular weight is 422 g/mol. The minimum absolute atomic E-state index is 0.00177. The number of likely N-dealkylation sites (tertiary alicyclic amines) is 1. The van der Waals surface area contributed by atoms with Gasteiger partial charge in [0, 0.05) is 62.5 Å². The van der Waals surface area contributed by atoms with Crippen LogP contribution in [0.3, 0.4) is 0 Å². The van der Waals surface area contributed by atoms with Gasteiger partial charge in [-0.15, -0.1) is 0 Å². The Labute approximate surface area is 182 Å². The first-order valence-electron chi connectivity index (χ1n) is 11.7. The Bertz CT molecular complexity index is 983. The minimum Gasteiger partial charge on any atom is -0.342 e. The summed E-state index contributed by atoms with van der Waals surface area (Å²) >= 11 is 0. The van der Waals surface area contributed by atoms with E-state index >= 15 is 0 Å². The Morgan fingerprint density at radius 1 is 1.16 bits per heavy atom. The zero-order chi connectivity index (χ0) is 21.2. The fourth-order valence-corrected chi connectivity index (χ4v) is 5.38. The van der Waals surface area contributed by atoms with E-state index in [9.17, 15) is 9.59 Å². The van der Waals surface area contributed by atoms with Gasteiger partial charge in [-0.1, -0.05) is 25.3 Å². The van der Waals surface area contributed by atoms with Crippen molar-refractivity contribution in [3.05, 3.63) is 57.5 Å². The summed E-state index contributed by atoms with van der Waals surface area (Å²) in [5, 5.41) is 0. The first-order chi connectivity index (χ1) is 15.2. The minimum atomic E-state index is -0.00177. The van der Waals surface area contributed by atoms with E-state index in [2.05, 4.69) is 20.9 Å². The van der Waals surface area contributed by atoms with E-state index in [0.29, 0.717) is 19.0 Å². The van der Waals surface area contributed by atoms with Crippen LogP contribution in [0.5, 0.6) is 0 Å². The van der Waals surface area contributed by atoms with Gasteiger partial charge in [0.25, 0.3) is 5.56 Å². The van der Waals surface area contributed by atoms with Gasteiger partial charge in [-0.3, -0.25) is 19.5 Å². The quantitative estimate of drug-likeness (QED) is 0.821. The number of H-pyrrole nitrogens is 1.